The molecule has 2 rings (SSSR count). The summed E-state index contributed by atoms with van der Waals surface area (Å²) in [6.07, 6.45) is 6.50. The van der Waals surface area contributed by atoms with Gasteiger partial charge in [0, 0.05) is 7.05 Å². The fourth-order valence-electron chi connectivity index (χ4n) is 1.94. The van der Waals surface area contributed by atoms with Crippen molar-refractivity contribution < 1.29 is 0 Å². The molecule has 0 aliphatic carbocycles. The number of imidazole rings is 1. The molecule has 1 aromatic carbocycles. The molecule has 0 atom stereocenters. The largest absolute Gasteiger partial charge is 0.331 e. The van der Waals surface area contributed by atoms with Crippen molar-refractivity contribution >= 4 is 11.0 Å². The van der Waals surface area contributed by atoms with Crippen LogP contribution in [0.4, 0.5) is 0 Å². The number of allylic oxidation sites excluding steroid dienone is 2. The van der Waals surface area contributed by atoms with Gasteiger partial charge in [-0.25, -0.2) is 4.98 Å². The van der Waals surface area contributed by atoms with Crippen LogP contribution in [0.5, 0.6) is 0 Å². The lowest BCUT2D eigenvalue weighted by atomic mass is 10.1. The second-order valence-electron chi connectivity index (χ2n) is 4.15. The van der Waals surface area contributed by atoms with Crippen molar-refractivity contribution in [1.29, 1.82) is 0 Å². The Labute approximate surface area is 110 Å². The highest BCUT2D eigenvalue weighted by molar-refractivity contribution is 5.76. The number of aromatic nitrogens is 2. The summed E-state index contributed by atoms with van der Waals surface area (Å²) >= 11 is 0. The van der Waals surface area contributed by atoms with Crippen LogP contribution in [-0.4, -0.2) is 9.55 Å². The zero-order valence-corrected chi connectivity index (χ0v) is 12.2. The van der Waals surface area contributed by atoms with E-state index in [1.54, 1.807) is 0 Å². The van der Waals surface area contributed by atoms with Crippen molar-refractivity contribution in [2.24, 2.45) is 7.05 Å². The van der Waals surface area contributed by atoms with Crippen LogP contribution in [0.25, 0.3) is 11.0 Å². The molecular weight excluding hydrogens is 220 g/mol. The summed E-state index contributed by atoms with van der Waals surface area (Å²) < 4.78 is 2.13. The molecule has 0 amide bonds. The van der Waals surface area contributed by atoms with Crippen molar-refractivity contribution in [1.82, 2.24) is 9.55 Å². The summed E-state index contributed by atoms with van der Waals surface area (Å²) in [6, 6.07) is 6.57. The van der Waals surface area contributed by atoms with Gasteiger partial charge < -0.3 is 4.57 Å². The zero-order valence-electron chi connectivity index (χ0n) is 12.2. The van der Waals surface area contributed by atoms with Gasteiger partial charge in [-0.1, -0.05) is 32.1 Å². The average Bonchev–Trinajstić information content (AvgIpc) is 2.68. The van der Waals surface area contributed by atoms with Crippen molar-refractivity contribution in [2.45, 2.75) is 40.5 Å². The Bertz CT molecular complexity index is 521. The van der Waals surface area contributed by atoms with Gasteiger partial charge in [0.25, 0.3) is 0 Å². The Morgan fingerprint density at radius 1 is 1.28 bits per heavy atom. The van der Waals surface area contributed by atoms with E-state index < -0.39 is 0 Å². The molecule has 1 aromatic heterocycles. The van der Waals surface area contributed by atoms with Crippen molar-refractivity contribution in [3.05, 3.63) is 41.7 Å². The van der Waals surface area contributed by atoms with E-state index in [-0.39, 0.29) is 0 Å². The molecule has 18 heavy (non-hydrogen) atoms. The lowest BCUT2D eigenvalue weighted by molar-refractivity contribution is 0.886. The van der Waals surface area contributed by atoms with Crippen molar-refractivity contribution in [2.75, 3.05) is 0 Å². The molecule has 0 N–H and O–H groups in total. The maximum Gasteiger partial charge on any atom is 0.106 e. The van der Waals surface area contributed by atoms with E-state index in [0.29, 0.717) is 0 Å². The SMILES string of the molecule is C/C=C/CCc1ccc2c(c1)nc(C)n2C.CC. The minimum atomic E-state index is 1.07. The number of benzene rings is 1. The van der Waals surface area contributed by atoms with E-state index in [1.165, 1.54) is 11.1 Å². The number of nitrogens with zero attached hydrogens (tertiary/aromatic N) is 2. The van der Waals surface area contributed by atoms with Gasteiger partial charge in [-0.2, -0.15) is 0 Å². The van der Waals surface area contributed by atoms with Gasteiger partial charge in [0.05, 0.1) is 11.0 Å². The second-order valence-corrected chi connectivity index (χ2v) is 4.15. The van der Waals surface area contributed by atoms with E-state index in [9.17, 15) is 0 Å². The lowest BCUT2D eigenvalue weighted by Gasteiger charge is -1.99. The number of hydrogen-bond donors (Lipinski definition) is 0. The third kappa shape index (κ3) is 3.22. The van der Waals surface area contributed by atoms with Crippen LogP contribution in [0, 0.1) is 6.92 Å². The van der Waals surface area contributed by atoms with Gasteiger partial charge in [0.2, 0.25) is 0 Å². The second kappa shape index (κ2) is 7.00. The maximum absolute atomic E-state index is 4.55. The van der Waals surface area contributed by atoms with Gasteiger partial charge in [0.1, 0.15) is 5.82 Å². The van der Waals surface area contributed by atoms with E-state index in [1.807, 2.05) is 20.8 Å². The van der Waals surface area contributed by atoms with E-state index in [4.69, 9.17) is 0 Å². The predicted octanol–water partition coefficient (Wildman–Crippen LogP) is 4.42. The Hall–Kier alpha value is -1.57. The molecule has 1 heterocycles. The highest BCUT2D eigenvalue weighted by Gasteiger charge is 2.03. The Balaban J connectivity index is 0.000000771. The van der Waals surface area contributed by atoms with E-state index >= 15 is 0 Å². The minimum Gasteiger partial charge on any atom is -0.331 e. The highest BCUT2D eigenvalue weighted by Crippen LogP contribution is 2.17. The highest BCUT2D eigenvalue weighted by atomic mass is 15.0. The van der Waals surface area contributed by atoms with Crippen LogP contribution in [0.15, 0.2) is 30.4 Å². The molecule has 2 nitrogen and oxygen atoms in total. The molecular formula is C16H24N2. The first kappa shape index (κ1) is 14.5. The molecule has 0 radical (unpaired) electrons. The molecule has 2 heteroatoms. The standard InChI is InChI=1S/C14H18N2.C2H6/c1-4-5-6-7-12-8-9-14-13(10-12)15-11(2)16(14)3;1-2/h4-5,8-10H,6-7H2,1-3H3;1-2H3/b5-4+;. The third-order valence-electron chi connectivity index (χ3n) is 3.00. The third-order valence-corrected chi connectivity index (χ3v) is 3.00. The van der Waals surface area contributed by atoms with Crippen LogP contribution in [0.2, 0.25) is 0 Å². The summed E-state index contributed by atoms with van der Waals surface area (Å²) in [7, 11) is 2.06. The monoisotopic (exact) mass is 244 g/mol. The van der Waals surface area contributed by atoms with Gasteiger partial charge in [-0.3, -0.25) is 0 Å². The summed E-state index contributed by atoms with van der Waals surface area (Å²) in [5, 5.41) is 0. The van der Waals surface area contributed by atoms with E-state index in [0.717, 1.165) is 24.2 Å². The maximum atomic E-state index is 4.55. The Morgan fingerprint density at radius 3 is 2.67 bits per heavy atom. The van der Waals surface area contributed by atoms with Crippen LogP contribution in [0.3, 0.4) is 0 Å². The smallest absolute Gasteiger partial charge is 0.106 e. The number of hydrogen-bond acceptors (Lipinski definition) is 1. The van der Waals surface area contributed by atoms with E-state index in [2.05, 4.69) is 53.9 Å². The molecule has 0 spiro atoms. The first-order chi connectivity index (χ1) is 8.72. The molecule has 0 aliphatic heterocycles. The minimum absolute atomic E-state index is 1.07. The lowest BCUT2D eigenvalue weighted by Crippen LogP contribution is -1.90. The molecule has 0 bridgehead atoms. The predicted molar refractivity (Wildman–Crippen MR) is 79.9 cm³/mol. The summed E-state index contributed by atoms with van der Waals surface area (Å²) in [4.78, 5) is 4.55. The fourth-order valence-corrected chi connectivity index (χ4v) is 1.94. The topological polar surface area (TPSA) is 17.8 Å². The van der Waals surface area contributed by atoms with Crippen molar-refractivity contribution in [3.8, 4) is 0 Å². The summed E-state index contributed by atoms with van der Waals surface area (Å²) in [6.45, 7) is 8.10. The molecule has 0 saturated carbocycles. The number of fused-ring (bicyclic) bond motifs is 1. The zero-order chi connectivity index (χ0) is 13.5. The summed E-state index contributed by atoms with van der Waals surface area (Å²) in [5.41, 5.74) is 3.69. The van der Waals surface area contributed by atoms with Crippen LogP contribution in [0.1, 0.15) is 38.6 Å². The van der Waals surface area contributed by atoms with Gasteiger partial charge in [-0.05, 0) is 44.4 Å². The Morgan fingerprint density at radius 2 is 2.00 bits per heavy atom. The first-order valence-electron chi connectivity index (χ1n) is 6.75. The molecule has 98 valence electrons. The molecule has 0 saturated heterocycles. The molecule has 0 unspecified atom stereocenters. The molecule has 0 fully saturated rings. The Kier molecular flexibility index (Phi) is 5.63. The van der Waals surface area contributed by atoms with Crippen LogP contribution < -0.4 is 0 Å². The number of aryl methyl sites for hydroxylation is 3. The number of rotatable bonds is 3. The quantitative estimate of drug-likeness (QED) is 0.731. The molecule has 2 aromatic rings. The van der Waals surface area contributed by atoms with Crippen LogP contribution in [-0.2, 0) is 13.5 Å². The molecule has 0 aliphatic rings. The average molecular weight is 244 g/mol. The van der Waals surface area contributed by atoms with Crippen LogP contribution >= 0.6 is 0 Å². The van der Waals surface area contributed by atoms with Gasteiger partial charge in [-0.15, -0.1) is 0 Å². The van der Waals surface area contributed by atoms with Crippen molar-refractivity contribution in [3.63, 3.8) is 0 Å². The van der Waals surface area contributed by atoms with Gasteiger partial charge in [0.15, 0.2) is 0 Å². The van der Waals surface area contributed by atoms with Gasteiger partial charge >= 0.3 is 0 Å². The first-order valence-corrected chi connectivity index (χ1v) is 6.75. The fraction of sp³-hybridized carbons (Fsp3) is 0.438. The summed E-state index contributed by atoms with van der Waals surface area (Å²) in [5.74, 6) is 1.07. The normalized spacial score (nSPS) is 10.7.